The number of aliphatic hydroxyl groups is 1. The molecule has 104 valence electrons. The van der Waals surface area contributed by atoms with Gasteiger partial charge < -0.3 is 10.4 Å². The van der Waals surface area contributed by atoms with Crippen LogP contribution in [0.25, 0.3) is 0 Å². The van der Waals surface area contributed by atoms with Gasteiger partial charge in [0.05, 0.1) is 12.6 Å². The van der Waals surface area contributed by atoms with Gasteiger partial charge in [0.15, 0.2) is 0 Å². The Bertz CT molecular complexity index is 624. The van der Waals surface area contributed by atoms with E-state index < -0.39 is 0 Å². The molecule has 0 aliphatic rings. The second-order valence-electron chi connectivity index (χ2n) is 4.00. The molecule has 1 atom stereocenters. The lowest BCUT2D eigenvalue weighted by molar-refractivity contribution is 0.0942. The van der Waals surface area contributed by atoms with Gasteiger partial charge in [0, 0.05) is 12.0 Å². The highest BCUT2D eigenvalue weighted by molar-refractivity contribution is 7.12. The predicted molar refractivity (Wildman–Crippen MR) is 75.2 cm³/mol. The maximum atomic E-state index is 12.2. The van der Waals surface area contributed by atoms with E-state index in [1.54, 1.807) is 6.07 Å². The van der Waals surface area contributed by atoms with E-state index in [2.05, 4.69) is 32.3 Å². The summed E-state index contributed by atoms with van der Waals surface area (Å²) in [5.74, 6) is 6.10. The Morgan fingerprint density at radius 1 is 1.65 bits per heavy atom. The quantitative estimate of drug-likeness (QED) is 0.735. The third-order valence-corrected chi connectivity index (χ3v) is 3.44. The molecule has 20 heavy (non-hydrogen) atoms. The van der Waals surface area contributed by atoms with Crippen molar-refractivity contribution in [2.75, 3.05) is 6.61 Å². The van der Waals surface area contributed by atoms with Gasteiger partial charge in [-0.2, -0.15) is 5.10 Å². The van der Waals surface area contributed by atoms with Crippen LogP contribution >= 0.6 is 11.3 Å². The fraction of sp³-hybridized carbons (Fsp3) is 0.308. The first-order valence-electron chi connectivity index (χ1n) is 6.05. The van der Waals surface area contributed by atoms with Crippen molar-refractivity contribution >= 4 is 17.2 Å². The topological polar surface area (TPSA) is 90.9 Å². The Hall–Kier alpha value is -2.17. The number of H-pyrrole nitrogens is 1. The lowest BCUT2D eigenvalue weighted by Crippen LogP contribution is -2.27. The third kappa shape index (κ3) is 3.44. The van der Waals surface area contributed by atoms with Gasteiger partial charge in [-0.25, -0.2) is 4.98 Å². The zero-order valence-electron chi connectivity index (χ0n) is 10.9. The van der Waals surface area contributed by atoms with Crippen LogP contribution in [0.15, 0.2) is 17.8 Å². The molecule has 1 unspecified atom stereocenters. The highest BCUT2D eigenvalue weighted by Crippen LogP contribution is 2.17. The highest BCUT2D eigenvalue weighted by Gasteiger charge is 2.16. The van der Waals surface area contributed by atoms with Gasteiger partial charge in [-0.3, -0.25) is 9.89 Å². The van der Waals surface area contributed by atoms with Crippen molar-refractivity contribution in [3.8, 4) is 11.8 Å². The Labute approximate surface area is 120 Å². The molecule has 0 aromatic carbocycles. The zero-order valence-corrected chi connectivity index (χ0v) is 11.7. The molecule has 0 radical (unpaired) electrons. The van der Waals surface area contributed by atoms with Crippen LogP contribution in [0.2, 0.25) is 0 Å². The number of nitrogens with zero attached hydrogens (tertiary/aromatic N) is 2. The second-order valence-corrected chi connectivity index (χ2v) is 4.92. The van der Waals surface area contributed by atoms with Crippen LogP contribution in [0.4, 0.5) is 0 Å². The fourth-order valence-corrected chi connectivity index (χ4v) is 2.30. The number of rotatable bonds is 4. The minimum absolute atomic E-state index is 0.0151. The lowest BCUT2D eigenvalue weighted by atomic mass is 10.2. The van der Waals surface area contributed by atoms with Crippen molar-refractivity contribution in [1.29, 1.82) is 0 Å². The zero-order chi connectivity index (χ0) is 14.4. The Morgan fingerprint density at radius 3 is 3.20 bits per heavy atom. The first-order chi connectivity index (χ1) is 9.72. The van der Waals surface area contributed by atoms with Crippen LogP contribution in [0.1, 0.15) is 40.4 Å². The summed E-state index contributed by atoms with van der Waals surface area (Å²) in [4.78, 5) is 16.7. The van der Waals surface area contributed by atoms with Gasteiger partial charge in [-0.15, -0.1) is 11.3 Å². The summed E-state index contributed by atoms with van der Waals surface area (Å²) >= 11 is 1.33. The van der Waals surface area contributed by atoms with E-state index in [-0.39, 0.29) is 18.6 Å². The number of amides is 1. The fourth-order valence-electron chi connectivity index (χ4n) is 1.55. The predicted octanol–water partition coefficient (Wildman–Crippen LogP) is 1.09. The number of aliphatic hydroxyl groups excluding tert-OH is 1. The number of hydrogen-bond donors (Lipinski definition) is 3. The monoisotopic (exact) mass is 290 g/mol. The van der Waals surface area contributed by atoms with E-state index in [0.29, 0.717) is 22.7 Å². The summed E-state index contributed by atoms with van der Waals surface area (Å²) in [6.07, 6.45) is 1.79. The van der Waals surface area contributed by atoms with Crippen molar-refractivity contribution in [3.05, 3.63) is 34.0 Å². The van der Waals surface area contributed by atoms with Crippen LogP contribution in [-0.4, -0.2) is 32.8 Å². The molecule has 2 aromatic heterocycles. The molecule has 1 amide bonds. The summed E-state index contributed by atoms with van der Waals surface area (Å²) < 4.78 is 0. The number of carbonyl (C=O) groups excluding carboxylic acids is 1. The van der Waals surface area contributed by atoms with Gasteiger partial charge in [-0.1, -0.05) is 11.8 Å². The molecule has 3 N–H and O–H groups in total. The van der Waals surface area contributed by atoms with E-state index >= 15 is 0 Å². The summed E-state index contributed by atoms with van der Waals surface area (Å²) in [6.45, 7) is 1.84. The summed E-state index contributed by atoms with van der Waals surface area (Å²) in [5.41, 5.74) is 0.672. The summed E-state index contributed by atoms with van der Waals surface area (Å²) in [6, 6.07) is 1.54. The van der Waals surface area contributed by atoms with Crippen molar-refractivity contribution in [2.24, 2.45) is 0 Å². The summed E-state index contributed by atoms with van der Waals surface area (Å²) in [5, 5.41) is 19.8. The first-order valence-corrected chi connectivity index (χ1v) is 6.93. The average Bonchev–Trinajstić information content (AvgIpc) is 3.10. The molecule has 0 saturated heterocycles. The molecule has 0 spiro atoms. The molecule has 2 rings (SSSR count). The minimum Gasteiger partial charge on any atom is -0.395 e. The maximum absolute atomic E-state index is 12.2. The van der Waals surface area contributed by atoms with E-state index in [0.717, 1.165) is 0 Å². The van der Waals surface area contributed by atoms with Gasteiger partial charge in [-0.05, 0) is 18.4 Å². The minimum atomic E-state index is -0.259. The second kappa shape index (κ2) is 6.84. The highest BCUT2D eigenvalue weighted by atomic mass is 32.1. The van der Waals surface area contributed by atoms with Gasteiger partial charge in [0.2, 0.25) is 0 Å². The number of carbonyl (C=O) groups is 1. The van der Waals surface area contributed by atoms with Gasteiger partial charge in [0.1, 0.15) is 17.0 Å². The third-order valence-electron chi connectivity index (χ3n) is 2.52. The van der Waals surface area contributed by atoms with Gasteiger partial charge in [0.25, 0.3) is 5.91 Å². The van der Waals surface area contributed by atoms with E-state index in [4.69, 9.17) is 5.11 Å². The molecule has 0 fully saturated rings. The molecular formula is C13H14N4O2S. The molecule has 0 aliphatic carbocycles. The van der Waals surface area contributed by atoms with Crippen LogP contribution in [0.3, 0.4) is 0 Å². The van der Waals surface area contributed by atoms with E-state index in [1.165, 1.54) is 17.7 Å². The molecule has 0 aliphatic heterocycles. The molecule has 0 saturated carbocycles. The number of aromatic nitrogens is 3. The van der Waals surface area contributed by atoms with Crippen molar-refractivity contribution < 1.29 is 9.90 Å². The lowest BCUT2D eigenvalue weighted by Gasteiger charge is -2.10. The SMILES string of the molecule is CC(NC(=O)c1sccc1C#CCCO)c1ncn[nH]1. The van der Waals surface area contributed by atoms with E-state index in [9.17, 15) is 4.79 Å². The summed E-state index contributed by atoms with van der Waals surface area (Å²) in [7, 11) is 0. The van der Waals surface area contributed by atoms with Crippen LogP contribution < -0.4 is 5.32 Å². The maximum Gasteiger partial charge on any atom is 0.263 e. The molecule has 6 nitrogen and oxygen atoms in total. The molecule has 0 bridgehead atoms. The van der Waals surface area contributed by atoms with Crippen molar-refractivity contribution in [2.45, 2.75) is 19.4 Å². The van der Waals surface area contributed by atoms with Gasteiger partial charge >= 0.3 is 0 Å². The number of aromatic amines is 1. The molecule has 2 heterocycles. The van der Waals surface area contributed by atoms with Crippen LogP contribution in [0.5, 0.6) is 0 Å². The smallest absolute Gasteiger partial charge is 0.263 e. The number of thiophene rings is 1. The molecule has 7 heteroatoms. The Balaban J connectivity index is 2.07. The number of hydrogen-bond acceptors (Lipinski definition) is 5. The standard InChI is InChI=1S/C13H14N4O2S/c1-9(12-14-8-15-17-12)16-13(19)11-10(5-7-20-11)4-2-3-6-18/h5,7-9,18H,3,6H2,1H3,(H,16,19)(H,14,15,17). The molecular weight excluding hydrogens is 276 g/mol. The normalized spacial score (nSPS) is 11.5. The number of nitrogens with one attached hydrogen (secondary N) is 2. The largest absolute Gasteiger partial charge is 0.395 e. The van der Waals surface area contributed by atoms with Crippen LogP contribution in [-0.2, 0) is 0 Å². The molecule has 2 aromatic rings. The Morgan fingerprint density at radius 2 is 2.50 bits per heavy atom. The average molecular weight is 290 g/mol. The Kier molecular flexibility index (Phi) is 4.87. The first kappa shape index (κ1) is 14.2. The van der Waals surface area contributed by atoms with Crippen molar-refractivity contribution in [1.82, 2.24) is 20.5 Å². The van der Waals surface area contributed by atoms with Crippen LogP contribution in [0, 0.1) is 11.8 Å². The van der Waals surface area contributed by atoms with Crippen molar-refractivity contribution in [3.63, 3.8) is 0 Å². The van der Waals surface area contributed by atoms with E-state index in [1.807, 2.05) is 12.3 Å².